The highest BCUT2D eigenvalue weighted by Gasteiger charge is 2.29. The molecule has 2 aromatic carbocycles. The highest BCUT2D eigenvalue weighted by Crippen LogP contribution is 2.34. The number of ketones is 1. The van der Waals surface area contributed by atoms with Crippen LogP contribution in [0.1, 0.15) is 66.8 Å². The molecule has 1 amide bonds. The van der Waals surface area contributed by atoms with Gasteiger partial charge in [0.25, 0.3) is 5.56 Å². The highest BCUT2D eigenvalue weighted by molar-refractivity contribution is 5.94. The fourth-order valence-electron chi connectivity index (χ4n) is 7.51. The number of carbonyl (C=O) groups is 2. The summed E-state index contributed by atoms with van der Waals surface area (Å²) in [4.78, 5) is 61.2. The van der Waals surface area contributed by atoms with Crippen molar-refractivity contribution >= 4 is 22.7 Å². The lowest BCUT2D eigenvalue weighted by atomic mass is 9.82. The second-order valence-electron chi connectivity index (χ2n) is 13.9. The van der Waals surface area contributed by atoms with Crippen LogP contribution in [0, 0.1) is 18.7 Å². The first kappa shape index (κ1) is 34.2. The van der Waals surface area contributed by atoms with Gasteiger partial charge in [0.15, 0.2) is 11.4 Å². The smallest absolute Gasteiger partial charge is 0.337 e. The number of rotatable bonds is 8. The molecule has 1 saturated heterocycles. The minimum Gasteiger partial charge on any atom is -0.340 e. The Morgan fingerprint density at radius 2 is 1.63 bits per heavy atom. The van der Waals surface area contributed by atoms with Gasteiger partial charge in [-0.2, -0.15) is 5.10 Å². The van der Waals surface area contributed by atoms with Gasteiger partial charge in [-0.15, -0.1) is 0 Å². The van der Waals surface area contributed by atoms with Gasteiger partial charge in [0, 0.05) is 64.9 Å². The second kappa shape index (κ2) is 14.2. The number of carbonyl (C=O) groups excluding carboxylic acids is 2. The normalized spacial score (nSPS) is 18.3. The van der Waals surface area contributed by atoms with Crippen LogP contribution in [0.25, 0.3) is 27.8 Å². The average molecular weight is 692 g/mol. The summed E-state index contributed by atoms with van der Waals surface area (Å²) in [7, 11) is 1.81. The Labute approximate surface area is 294 Å². The molecule has 0 N–H and O–H groups in total. The number of nitrogens with zero attached hydrogens (tertiary/aromatic N) is 7. The molecule has 1 saturated carbocycles. The molecule has 0 radical (unpaired) electrons. The molecule has 0 atom stereocenters. The molecule has 2 aliphatic rings. The first-order chi connectivity index (χ1) is 24.5. The minimum atomic E-state index is -0.655. The van der Waals surface area contributed by atoms with E-state index in [1.165, 1.54) is 9.13 Å². The van der Waals surface area contributed by atoms with E-state index in [-0.39, 0.29) is 28.6 Å². The molecule has 0 unspecified atom stereocenters. The third-order valence-corrected chi connectivity index (χ3v) is 10.6. The van der Waals surface area contributed by atoms with Gasteiger partial charge >= 0.3 is 5.69 Å². The molecule has 1 aliphatic carbocycles. The summed E-state index contributed by atoms with van der Waals surface area (Å²) >= 11 is 0. The maximum Gasteiger partial charge on any atom is 0.337 e. The lowest BCUT2D eigenvalue weighted by Crippen LogP contribution is -2.47. The van der Waals surface area contributed by atoms with Crippen LogP contribution in [0.2, 0.25) is 0 Å². The predicted octanol–water partition coefficient (Wildman–Crippen LogP) is 5.06. The number of aromatic nitrogens is 5. The number of fused-ring (bicyclic) bond motifs is 1. The van der Waals surface area contributed by atoms with Crippen molar-refractivity contribution in [3.05, 3.63) is 110 Å². The van der Waals surface area contributed by atoms with Gasteiger partial charge in [-0.25, -0.2) is 18.7 Å². The van der Waals surface area contributed by atoms with Crippen LogP contribution in [0.15, 0.2) is 76.4 Å². The molecule has 0 bridgehead atoms. The Balaban J connectivity index is 1.13. The molecular weight excluding hydrogens is 649 g/mol. The summed E-state index contributed by atoms with van der Waals surface area (Å²) in [5.41, 5.74) is 3.91. The van der Waals surface area contributed by atoms with Crippen molar-refractivity contribution in [2.24, 2.45) is 13.0 Å². The summed E-state index contributed by atoms with van der Waals surface area (Å²) in [6, 6.07) is 18.3. The Hall–Kier alpha value is -5.23. The number of piperazine rings is 1. The van der Waals surface area contributed by atoms with Crippen LogP contribution in [0.3, 0.4) is 0 Å². The number of hydrogen-bond donors (Lipinski definition) is 0. The summed E-state index contributed by atoms with van der Waals surface area (Å²) in [5.74, 6) is -0.429. The largest absolute Gasteiger partial charge is 0.340 e. The Bertz CT molecular complexity index is 2200. The molecule has 51 heavy (non-hydrogen) atoms. The van der Waals surface area contributed by atoms with Gasteiger partial charge in [-0.05, 0) is 79.5 Å². The number of Topliss-reactive ketones (excluding diaryl/α,β-unsaturated/α-hetero) is 1. The highest BCUT2D eigenvalue weighted by atomic mass is 19.1. The van der Waals surface area contributed by atoms with Crippen LogP contribution in [-0.4, -0.2) is 71.6 Å². The zero-order valence-electron chi connectivity index (χ0n) is 29.2. The molecule has 1 aliphatic heterocycles. The number of aryl methyl sites for hydroxylation is 2. The molecule has 11 nitrogen and oxygen atoms in total. The maximum absolute atomic E-state index is 14.5. The second-order valence-corrected chi connectivity index (χ2v) is 13.9. The van der Waals surface area contributed by atoms with Gasteiger partial charge in [0.2, 0.25) is 5.91 Å². The minimum absolute atomic E-state index is 0.00680. The Morgan fingerprint density at radius 3 is 2.29 bits per heavy atom. The van der Waals surface area contributed by atoms with Crippen LogP contribution in [0.5, 0.6) is 0 Å². The summed E-state index contributed by atoms with van der Waals surface area (Å²) in [6.45, 7) is 7.44. The van der Waals surface area contributed by atoms with E-state index in [0.29, 0.717) is 43.5 Å². The first-order valence-corrected chi connectivity index (χ1v) is 17.6. The van der Waals surface area contributed by atoms with Crippen LogP contribution >= 0.6 is 0 Å². The van der Waals surface area contributed by atoms with Crippen molar-refractivity contribution in [1.82, 2.24) is 33.7 Å². The first-order valence-electron chi connectivity index (χ1n) is 17.6. The van der Waals surface area contributed by atoms with Crippen molar-refractivity contribution in [1.29, 1.82) is 0 Å². The van der Waals surface area contributed by atoms with Crippen molar-refractivity contribution in [2.75, 3.05) is 26.2 Å². The van der Waals surface area contributed by atoms with E-state index in [9.17, 15) is 23.6 Å². The van der Waals surface area contributed by atoms with E-state index in [2.05, 4.69) is 27.1 Å². The van der Waals surface area contributed by atoms with E-state index in [0.717, 1.165) is 67.4 Å². The van der Waals surface area contributed by atoms with E-state index >= 15 is 0 Å². The molecule has 0 spiro atoms. The molecule has 12 heteroatoms. The van der Waals surface area contributed by atoms with Gasteiger partial charge in [0.05, 0.1) is 17.3 Å². The third kappa shape index (κ3) is 7.05. The molecule has 3 aromatic heterocycles. The fourth-order valence-corrected chi connectivity index (χ4v) is 7.51. The summed E-state index contributed by atoms with van der Waals surface area (Å²) in [5, 5.41) is 4.36. The lowest BCUT2D eigenvalue weighted by molar-refractivity contribution is -0.130. The lowest BCUT2D eigenvalue weighted by Gasteiger charge is -2.34. The van der Waals surface area contributed by atoms with E-state index in [4.69, 9.17) is 0 Å². The van der Waals surface area contributed by atoms with E-state index in [1.807, 2.05) is 49.2 Å². The molecule has 2 fully saturated rings. The number of halogens is 1. The quantitative estimate of drug-likeness (QED) is 0.209. The van der Waals surface area contributed by atoms with Crippen LogP contribution in [-0.2, 0) is 18.4 Å². The molecule has 264 valence electrons. The molecule has 4 heterocycles. The molecular formula is C39H42FN7O4. The third-order valence-electron chi connectivity index (χ3n) is 10.6. The van der Waals surface area contributed by atoms with Crippen molar-refractivity contribution in [3.63, 3.8) is 0 Å². The SMILES string of the molecule is CC(=O)N1CCN(Cc2ccc(-c3cccc(-n4c(=O)n(C5CCC(CC(=O)c6cc(C)n(C)n6)CC5)c(=O)c5cc(F)cnc54)c3)cc2)CC1. The van der Waals surface area contributed by atoms with Gasteiger partial charge in [-0.1, -0.05) is 36.4 Å². The average Bonchev–Trinajstić information content (AvgIpc) is 3.47. The van der Waals surface area contributed by atoms with Crippen molar-refractivity contribution < 1.29 is 14.0 Å². The Morgan fingerprint density at radius 1 is 0.902 bits per heavy atom. The monoisotopic (exact) mass is 691 g/mol. The van der Waals surface area contributed by atoms with Crippen LogP contribution in [0.4, 0.5) is 4.39 Å². The summed E-state index contributed by atoms with van der Waals surface area (Å²) in [6.07, 6.45) is 3.82. The standard InChI is InChI=1S/C39H42FN7O4/c1-25-19-35(42-43(25)3)36(49)20-27-9-13-32(14-10-27)47-38(50)34-22-31(40)23-41-37(34)46(39(47)51)33-6-4-5-30(21-33)29-11-7-28(8-12-29)24-44-15-17-45(18-16-44)26(2)48/h4-8,11-12,19,21-23,27,32H,9-10,13-18,20,24H2,1-3H3. The Kier molecular flexibility index (Phi) is 9.52. The maximum atomic E-state index is 14.5. The number of benzene rings is 2. The number of amides is 1. The van der Waals surface area contributed by atoms with Crippen LogP contribution < -0.4 is 11.2 Å². The van der Waals surface area contributed by atoms with Gasteiger partial charge < -0.3 is 4.90 Å². The van der Waals surface area contributed by atoms with E-state index in [1.54, 1.807) is 23.7 Å². The van der Waals surface area contributed by atoms with Crippen molar-refractivity contribution in [2.45, 2.75) is 58.5 Å². The molecule has 5 aromatic rings. The van der Waals surface area contributed by atoms with Crippen molar-refractivity contribution in [3.8, 4) is 16.8 Å². The number of pyridine rings is 1. The summed E-state index contributed by atoms with van der Waals surface area (Å²) < 4.78 is 18.9. The fraction of sp³-hybridized carbons (Fsp3) is 0.385. The predicted molar refractivity (Wildman–Crippen MR) is 192 cm³/mol. The number of hydrogen-bond acceptors (Lipinski definition) is 7. The zero-order valence-corrected chi connectivity index (χ0v) is 29.2. The van der Waals surface area contributed by atoms with Gasteiger partial charge in [0.1, 0.15) is 11.5 Å². The van der Waals surface area contributed by atoms with Gasteiger partial charge in [-0.3, -0.25) is 28.5 Å². The van der Waals surface area contributed by atoms with E-state index < -0.39 is 23.1 Å². The topological polar surface area (TPSA) is 115 Å². The zero-order chi connectivity index (χ0) is 35.8. The molecule has 7 rings (SSSR count).